The van der Waals surface area contributed by atoms with Gasteiger partial charge in [0.25, 0.3) is 5.69 Å². The van der Waals surface area contributed by atoms with E-state index in [4.69, 9.17) is 5.26 Å². The molecule has 0 amide bonds. The van der Waals surface area contributed by atoms with Crippen molar-refractivity contribution in [3.05, 3.63) is 69.8 Å². The van der Waals surface area contributed by atoms with Crippen molar-refractivity contribution in [2.75, 3.05) is 0 Å². The molecule has 0 spiro atoms. The summed E-state index contributed by atoms with van der Waals surface area (Å²) in [5, 5.41) is 19.6. The highest BCUT2D eigenvalue weighted by atomic mass is 16.6. The van der Waals surface area contributed by atoms with Gasteiger partial charge in [-0.15, -0.1) is 0 Å². The number of hydrogen-bond donors (Lipinski definition) is 0. The Kier molecular flexibility index (Phi) is 3.69. The average molecular weight is 254 g/mol. The van der Waals surface area contributed by atoms with Crippen molar-refractivity contribution in [1.82, 2.24) is 4.57 Å². The van der Waals surface area contributed by atoms with Crippen molar-refractivity contribution in [2.45, 2.75) is 6.54 Å². The fourth-order valence-corrected chi connectivity index (χ4v) is 1.76. The van der Waals surface area contributed by atoms with E-state index < -0.39 is 4.92 Å². The van der Waals surface area contributed by atoms with Gasteiger partial charge < -0.3 is 4.57 Å². The van der Waals surface area contributed by atoms with Gasteiger partial charge in [-0.2, -0.15) is 10.3 Å². The van der Waals surface area contributed by atoms with E-state index in [0.29, 0.717) is 17.6 Å². The highest BCUT2D eigenvalue weighted by molar-refractivity contribution is 5.39. The first-order chi connectivity index (χ1) is 9.22. The molecule has 2 rings (SSSR count). The molecule has 6 nitrogen and oxygen atoms in total. The number of nitro benzene ring substituents is 1. The van der Waals surface area contributed by atoms with Gasteiger partial charge in [-0.3, -0.25) is 10.1 Å². The SMILES string of the molecule is N#CN=c1ccccn1Cc1ccccc1[N+](=O)[O-]. The van der Waals surface area contributed by atoms with Crippen molar-refractivity contribution in [3.63, 3.8) is 0 Å². The summed E-state index contributed by atoms with van der Waals surface area (Å²) in [5.41, 5.74) is 1.09. The van der Waals surface area contributed by atoms with Crippen LogP contribution in [0.15, 0.2) is 53.7 Å². The van der Waals surface area contributed by atoms with E-state index in [1.165, 1.54) is 6.07 Å². The average Bonchev–Trinajstić information content (AvgIpc) is 2.42. The molecule has 1 aromatic carbocycles. The number of aromatic nitrogens is 1. The lowest BCUT2D eigenvalue weighted by atomic mass is 10.2. The summed E-state index contributed by atoms with van der Waals surface area (Å²) in [6, 6.07) is 11.7. The highest BCUT2D eigenvalue weighted by Gasteiger charge is 2.12. The summed E-state index contributed by atoms with van der Waals surface area (Å²) < 4.78 is 1.69. The quantitative estimate of drug-likeness (QED) is 0.475. The first kappa shape index (κ1) is 12.5. The molecule has 0 saturated carbocycles. The van der Waals surface area contributed by atoms with Crippen molar-refractivity contribution < 1.29 is 4.92 Å². The fourth-order valence-electron chi connectivity index (χ4n) is 1.76. The van der Waals surface area contributed by atoms with Gasteiger partial charge in [0, 0.05) is 17.8 Å². The normalized spacial score (nSPS) is 11.0. The van der Waals surface area contributed by atoms with Crippen LogP contribution in [0.25, 0.3) is 0 Å². The summed E-state index contributed by atoms with van der Waals surface area (Å²) in [7, 11) is 0. The predicted octanol–water partition coefficient (Wildman–Crippen LogP) is 1.83. The molecular weight excluding hydrogens is 244 g/mol. The minimum Gasteiger partial charge on any atom is -0.328 e. The zero-order valence-electron chi connectivity index (χ0n) is 9.93. The third kappa shape index (κ3) is 2.84. The Bertz CT molecular complexity index is 713. The largest absolute Gasteiger partial charge is 0.328 e. The first-order valence-corrected chi connectivity index (χ1v) is 5.53. The number of pyridine rings is 1. The van der Waals surface area contributed by atoms with Gasteiger partial charge in [0.15, 0.2) is 0 Å². The summed E-state index contributed by atoms with van der Waals surface area (Å²) in [6.07, 6.45) is 3.45. The number of para-hydroxylation sites is 1. The Morgan fingerprint density at radius 3 is 2.74 bits per heavy atom. The number of benzene rings is 1. The van der Waals surface area contributed by atoms with Gasteiger partial charge in [-0.1, -0.05) is 24.3 Å². The van der Waals surface area contributed by atoms with Crippen molar-refractivity contribution in [1.29, 1.82) is 5.26 Å². The van der Waals surface area contributed by atoms with Gasteiger partial charge in [0.2, 0.25) is 6.19 Å². The maximum Gasteiger partial charge on any atom is 0.274 e. The van der Waals surface area contributed by atoms with Crippen LogP contribution in [-0.2, 0) is 6.54 Å². The van der Waals surface area contributed by atoms with Crippen LogP contribution in [-0.4, -0.2) is 9.49 Å². The number of hydrogen-bond acceptors (Lipinski definition) is 4. The van der Waals surface area contributed by atoms with Crippen LogP contribution < -0.4 is 5.49 Å². The molecule has 0 N–H and O–H groups in total. The van der Waals surface area contributed by atoms with Crippen LogP contribution in [0.4, 0.5) is 5.69 Å². The molecule has 0 aliphatic heterocycles. The lowest BCUT2D eigenvalue weighted by Crippen LogP contribution is -2.20. The van der Waals surface area contributed by atoms with E-state index in [1.54, 1.807) is 53.4 Å². The van der Waals surface area contributed by atoms with Gasteiger partial charge in [0.05, 0.1) is 11.5 Å². The van der Waals surface area contributed by atoms with Crippen LogP contribution in [0.1, 0.15) is 5.56 Å². The molecule has 0 aliphatic carbocycles. The van der Waals surface area contributed by atoms with Crippen LogP contribution in [0.3, 0.4) is 0 Å². The van der Waals surface area contributed by atoms with E-state index in [-0.39, 0.29) is 5.69 Å². The van der Waals surface area contributed by atoms with E-state index in [2.05, 4.69) is 4.99 Å². The second-order valence-corrected chi connectivity index (χ2v) is 3.78. The number of rotatable bonds is 3. The molecule has 94 valence electrons. The summed E-state index contributed by atoms with van der Waals surface area (Å²) in [4.78, 5) is 14.2. The Balaban J connectivity index is 2.46. The number of nitriles is 1. The lowest BCUT2D eigenvalue weighted by molar-refractivity contribution is -0.385. The number of nitrogens with zero attached hydrogens (tertiary/aromatic N) is 4. The molecule has 0 unspecified atom stereocenters. The standard InChI is InChI=1S/C13H10N4O2/c14-10-15-13-7-3-4-8-16(13)9-11-5-1-2-6-12(11)17(18)19/h1-8H,9H2. The first-order valence-electron chi connectivity index (χ1n) is 5.53. The van der Waals surface area contributed by atoms with E-state index in [1.807, 2.05) is 0 Å². The molecule has 0 saturated heterocycles. The Morgan fingerprint density at radius 1 is 1.26 bits per heavy atom. The molecule has 19 heavy (non-hydrogen) atoms. The molecule has 0 bridgehead atoms. The van der Waals surface area contributed by atoms with Crippen molar-refractivity contribution in [3.8, 4) is 6.19 Å². The second-order valence-electron chi connectivity index (χ2n) is 3.78. The Hall–Kier alpha value is -2.94. The fraction of sp³-hybridized carbons (Fsp3) is 0.0769. The minimum absolute atomic E-state index is 0.0572. The lowest BCUT2D eigenvalue weighted by Gasteiger charge is -2.07. The van der Waals surface area contributed by atoms with Gasteiger partial charge in [0.1, 0.15) is 5.49 Å². The third-order valence-corrected chi connectivity index (χ3v) is 2.61. The zero-order valence-corrected chi connectivity index (χ0v) is 9.93. The van der Waals surface area contributed by atoms with Gasteiger partial charge in [-0.25, -0.2) is 0 Å². The van der Waals surface area contributed by atoms with Crippen molar-refractivity contribution in [2.24, 2.45) is 4.99 Å². The third-order valence-electron chi connectivity index (χ3n) is 2.61. The maximum absolute atomic E-state index is 10.9. The predicted molar refractivity (Wildman–Crippen MR) is 67.8 cm³/mol. The van der Waals surface area contributed by atoms with E-state index in [0.717, 1.165) is 0 Å². The van der Waals surface area contributed by atoms with E-state index in [9.17, 15) is 10.1 Å². The Morgan fingerprint density at radius 2 is 2.00 bits per heavy atom. The van der Waals surface area contributed by atoms with Gasteiger partial charge >= 0.3 is 0 Å². The molecule has 1 aromatic heterocycles. The molecule has 0 fully saturated rings. The van der Waals surface area contributed by atoms with Gasteiger partial charge in [-0.05, 0) is 12.1 Å². The molecule has 6 heteroatoms. The minimum atomic E-state index is -0.417. The molecule has 0 radical (unpaired) electrons. The summed E-state index contributed by atoms with van der Waals surface area (Å²) in [6.45, 7) is 0.290. The molecular formula is C13H10N4O2. The molecule has 0 aliphatic rings. The monoisotopic (exact) mass is 254 g/mol. The molecule has 0 atom stereocenters. The molecule has 2 aromatic rings. The highest BCUT2D eigenvalue weighted by Crippen LogP contribution is 2.17. The van der Waals surface area contributed by atoms with Crippen LogP contribution in [0.5, 0.6) is 0 Å². The second kappa shape index (κ2) is 5.60. The number of nitro groups is 1. The Labute approximate surface area is 109 Å². The van der Waals surface area contributed by atoms with Crippen LogP contribution in [0.2, 0.25) is 0 Å². The zero-order chi connectivity index (χ0) is 13.7. The summed E-state index contributed by atoms with van der Waals surface area (Å²) in [5.74, 6) is 0. The summed E-state index contributed by atoms with van der Waals surface area (Å²) >= 11 is 0. The topological polar surface area (TPSA) is 84.2 Å². The smallest absolute Gasteiger partial charge is 0.274 e. The maximum atomic E-state index is 10.9. The van der Waals surface area contributed by atoms with E-state index >= 15 is 0 Å². The van der Waals surface area contributed by atoms with Crippen LogP contribution in [0, 0.1) is 21.6 Å². The van der Waals surface area contributed by atoms with Crippen LogP contribution >= 0.6 is 0 Å². The molecule has 1 heterocycles. The van der Waals surface area contributed by atoms with Crippen molar-refractivity contribution >= 4 is 5.69 Å².